The zero-order valence-electron chi connectivity index (χ0n) is 19.5. The van der Waals surface area contributed by atoms with E-state index in [9.17, 15) is 0 Å². The number of anilines is 2. The maximum Gasteiger partial charge on any atom is 0.179 e. The number of fused-ring (bicyclic) bond motifs is 4. The molecule has 2 aliphatic rings. The third-order valence-corrected chi connectivity index (χ3v) is 6.49. The van der Waals surface area contributed by atoms with Gasteiger partial charge in [0.05, 0.1) is 34.6 Å². The highest BCUT2D eigenvalue weighted by Crippen LogP contribution is 2.48. The molecule has 7 heteroatoms. The topological polar surface area (TPSA) is 71.0 Å². The Balaban J connectivity index is 1.50. The molecule has 4 heterocycles. The molecule has 0 amide bonds. The summed E-state index contributed by atoms with van der Waals surface area (Å²) in [6, 6.07) is 31.9. The first-order chi connectivity index (χ1) is 17.8. The lowest BCUT2D eigenvalue weighted by Crippen LogP contribution is -2.46. The molecular weight excluding hydrogens is 448 g/mol. The molecular formula is C29H22N6O. The molecule has 7 nitrogen and oxygen atoms in total. The van der Waals surface area contributed by atoms with Crippen LogP contribution in [0, 0.1) is 6.92 Å². The highest BCUT2D eigenvalue weighted by molar-refractivity contribution is 6.51. The second kappa shape index (κ2) is 8.09. The number of hydrogen-bond acceptors (Lipinski definition) is 6. The lowest BCUT2D eigenvalue weighted by molar-refractivity contribution is 0.487. The molecule has 0 bridgehead atoms. The number of benzene rings is 3. The molecule has 1 N–H and O–H groups in total. The fourth-order valence-electron chi connectivity index (χ4n) is 4.92. The number of rotatable bonds is 3. The third kappa shape index (κ3) is 3.17. The van der Waals surface area contributed by atoms with E-state index in [1.54, 1.807) is 6.26 Å². The van der Waals surface area contributed by atoms with Crippen molar-refractivity contribution in [2.24, 2.45) is 9.98 Å². The van der Waals surface area contributed by atoms with Crippen LogP contribution < -0.4 is 10.2 Å². The van der Waals surface area contributed by atoms with Gasteiger partial charge in [0, 0.05) is 5.69 Å². The second-order valence-corrected chi connectivity index (χ2v) is 8.73. The van der Waals surface area contributed by atoms with Gasteiger partial charge >= 0.3 is 0 Å². The molecule has 7 rings (SSSR count). The average Bonchev–Trinajstić information content (AvgIpc) is 3.57. The van der Waals surface area contributed by atoms with Crippen molar-refractivity contribution in [3.63, 3.8) is 0 Å². The van der Waals surface area contributed by atoms with Gasteiger partial charge in [-0.1, -0.05) is 48.5 Å². The van der Waals surface area contributed by atoms with Crippen LogP contribution in [0.4, 0.5) is 22.9 Å². The Bertz CT molecular complexity index is 1620. The summed E-state index contributed by atoms with van der Waals surface area (Å²) in [7, 11) is 0. The van der Waals surface area contributed by atoms with E-state index in [4.69, 9.17) is 19.5 Å². The normalized spacial score (nSPS) is 15.9. The lowest BCUT2D eigenvalue weighted by Gasteiger charge is -2.39. The van der Waals surface area contributed by atoms with Gasteiger partial charge in [0.15, 0.2) is 17.5 Å². The van der Waals surface area contributed by atoms with Gasteiger partial charge in [0.25, 0.3) is 0 Å². The Morgan fingerprint density at radius 2 is 1.56 bits per heavy atom. The summed E-state index contributed by atoms with van der Waals surface area (Å²) in [5.74, 6) is 2.97. The van der Waals surface area contributed by atoms with Crippen molar-refractivity contribution in [3.05, 3.63) is 120 Å². The minimum absolute atomic E-state index is 0.260. The van der Waals surface area contributed by atoms with Gasteiger partial charge in [-0.2, -0.15) is 5.10 Å². The Morgan fingerprint density at radius 1 is 0.806 bits per heavy atom. The zero-order chi connectivity index (χ0) is 24.1. The van der Waals surface area contributed by atoms with Gasteiger partial charge in [-0.15, -0.1) is 0 Å². The van der Waals surface area contributed by atoms with Crippen LogP contribution in [0.15, 0.2) is 118 Å². The van der Waals surface area contributed by atoms with Crippen LogP contribution in [-0.2, 0) is 0 Å². The molecule has 174 valence electrons. The Kier molecular flexibility index (Phi) is 4.60. The standard InChI is InChI=1S/C29H22N6O/c1-19-25-26(24-17-10-18-36-24)34-23-16-9-8-15-22(23)31-27(30-20-11-4-2-5-12-20)29(34)32-28(25)35(33-19)21-13-6-3-7-14-21/h2-18,26H,1H3,(H,30,31)/t26-/m0/s1. The van der Waals surface area contributed by atoms with Crippen molar-refractivity contribution in [2.45, 2.75) is 13.0 Å². The van der Waals surface area contributed by atoms with Crippen LogP contribution in [0.5, 0.6) is 0 Å². The van der Waals surface area contributed by atoms with Crippen molar-refractivity contribution >= 4 is 34.6 Å². The molecule has 2 aliphatic heterocycles. The quantitative estimate of drug-likeness (QED) is 0.324. The van der Waals surface area contributed by atoms with Gasteiger partial charge in [0.1, 0.15) is 11.8 Å². The van der Waals surface area contributed by atoms with Gasteiger partial charge < -0.3 is 14.6 Å². The highest BCUT2D eigenvalue weighted by Gasteiger charge is 2.42. The van der Waals surface area contributed by atoms with Crippen molar-refractivity contribution in [3.8, 4) is 5.69 Å². The number of para-hydroxylation sites is 4. The maximum atomic E-state index is 6.02. The molecule has 0 saturated heterocycles. The average molecular weight is 471 g/mol. The van der Waals surface area contributed by atoms with Crippen LogP contribution in [0.3, 0.4) is 0 Å². The summed E-state index contributed by atoms with van der Waals surface area (Å²) in [6.07, 6.45) is 1.71. The predicted molar refractivity (Wildman–Crippen MR) is 142 cm³/mol. The SMILES string of the molecule is Cc1nn(-c2ccccc2)c2c1[C@H](c1ccco1)N1C(=N2)C(Nc2ccccc2)=Nc2ccccc21. The Morgan fingerprint density at radius 3 is 2.33 bits per heavy atom. The number of furan rings is 1. The molecule has 5 aromatic rings. The van der Waals surface area contributed by atoms with E-state index in [0.717, 1.165) is 45.6 Å². The Labute approximate surface area is 208 Å². The van der Waals surface area contributed by atoms with Gasteiger partial charge in [0.2, 0.25) is 0 Å². The molecule has 2 aromatic heterocycles. The summed E-state index contributed by atoms with van der Waals surface area (Å²) in [4.78, 5) is 12.4. The highest BCUT2D eigenvalue weighted by atomic mass is 16.3. The fraction of sp³-hybridized carbons (Fsp3) is 0.0690. The van der Waals surface area contributed by atoms with Crippen molar-refractivity contribution < 1.29 is 4.42 Å². The summed E-state index contributed by atoms with van der Waals surface area (Å²) >= 11 is 0. The van der Waals surface area contributed by atoms with E-state index < -0.39 is 0 Å². The van der Waals surface area contributed by atoms with Crippen LogP contribution in [0.1, 0.15) is 23.1 Å². The van der Waals surface area contributed by atoms with Gasteiger partial charge in [-0.25, -0.2) is 14.7 Å². The van der Waals surface area contributed by atoms with Crippen molar-refractivity contribution in [1.82, 2.24) is 9.78 Å². The first-order valence-corrected chi connectivity index (χ1v) is 11.8. The number of nitrogens with one attached hydrogen (secondary N) is 1. The summed E-state index contributed by atoms with van der Waals surface area (Å²) in [6.45, 7) is 2.03. The first-order valence-electron chi connectivity index (χ1n) is 11.8. The summed E-state index contributed by atoms with van der Waals surface area (Å²) < 4.78 is 7.93. The van der Waals surface area contributed by atoms with Crippen molar-refractivity contribution in [1.29, 1.82) is 0 Å². The van der Waals surface area contributed by atoms with Crippen molar-refractivity contribution in [2.75, 3.05) is 10.2 Å². The number of amidine groups is 2. The number of nitrogens with zero attached hydrogens (tertiary/aromatic N) is 5. The van der Waals surface area contributed by atoms with E-state index in [1.165, 1.54) is 0 Å². The van der Waals surface area contributed by atoms with E-state index in [0.29, 0.717) is 11.7 Å². The smallest absolute Gasteiger partial charge is 0.179 e. The molecule has 0 spiro atoms. The first kappa shape index (κ1) is 20.5. The monoisotopic (exact) mass is 470 g/mol. The zero-order valence-corrected chi connectivity index (χ0v) is 19.5. The largest absolute Gasteiger partial charge is 0.467 e. The van der Waals surface area contributed by atoms with E-state index >= 15 is 0 Å². The van der Waals surface area contributed by atoms with E-state index in [1.807, 2.05) is 103 Å². The predicted octanol–water partition coefficient (Wildman–Crippen LogP) is 6.57. The molecule has 0 fully saturated rings. The van der Waals surface area contributed by atoms with E-state index in [-0.39, 0.29) is 6.04 Å². The fourth-order valence-corrected chi connectivity index (χ4v) is 4.92. The minimum Gasteiger partial charge on any atom is -0.467 e. The molecule has 3 aromatic carbocycles. The summed E-state index contributed by atoms with van der Waals surface area (Å²) in [5.41, 5.74) is 5.62. The Hall–Kier alpha value is -4.91. The van der Waals surface area contributed by atoms with E-state index in [2.05, 4.69) is 16.3 Å². The van der Waals surface area contributed by atoms with Crippen LogP contribution in [-0.4, -0.2) is 21.5 Å². The number of hydrogen-bond donors (Lipinski definition) is 1. The summed E-state index contributed by atoms with van der Waals surface area (Å²) in [5, 5.41) is 8.43. The molecule has 0 aliphatic carbocycles. The maximum absolute atomic E-state index is 6.02. The minimum atomic E-state index is -0.260. The molecule has 0 unspecified atom stereocenters. The number of aromatic nitrogens is 2. The van der Waals surface area contributed by atoms with Gasteiger partial charge in [-0.05, 0) is 55.5 Å². The van der Waals surface area contributed by atoms with Crippen LogP contribution in [0.25, 0.3) is 5.69 Å². The molecule has 0 radical (unpaired) electrons. The second-order valence-electron chi connectivity index (χ2n) is 8.73. The number of aliphatic imine (C=N–C) groups is 2. The number of aryl methyl sites for hydroxylation is 1. The third-order valence-electron chi connectivity index (χ3n) is 6.49. The molecule has 0 saturated carbocycles. The lowest BCUT2D eigenvalue weighted by atomic mass is 9.98. The van der Waals surface area contributed by atoms with Crippen LogP contribution >= 0.6 is 0 Å². The molecule has 1 atom stereocenters. The molecule has 36 heavy (non-hydrogen) atoms. The van der Waals surface area contributed by atoms with Gasteiger partial charge in [-0.3, -0.25) is 0 Å². The van der Waals surface area contributed by atoms with Crippen LogP contribution in [0.2, 0.25) is 0 Å².